The van der Waals surface area contributed by atoms with Crippen LogP contribution >= 0.6 is 0 Å². The molecule has 9 heteroatoms. The van der Waals surface area contributed by atoms with E-state index >= 15 is 0 Å². The fourth-order valence-corrected chi connectivity index (χ4v) is 2.36. The Morgan fingerprint density at radius 2 is 1.85 bits per heavy atom. The topological polar surface area (TPSA) is 72.7 Å². The van der Waals surface area contributed by atoms with Crippen molar-refractivity contribution in [1.29, 1.82) is 0 Å². The van der Waals surface area contributed by atoms with Crippen LogP contribution in [0.15, 0.2) is 61.3 Å². The minimum Gasteiger partial charge on any atom is -0.334 e. The van der Waals surface area contributed by atoms with E-state index in [-0.39, 0.29) is 11.1 Å². The van der Waals surface area contributed by atoms with Gasteiger partial charge in [-0.15, -0.1) is 0 Å². The number of alkyl halides is 3. The lowest BCUT2D eigenvalue weighted by Gasteiger charge is -2.33. The van der Waals surface area contributed by atoms with Crippen LogP contribution in [0.3, 0.4) is 0 Å². The summed E-state index contributed by atoms with van der Waals surface area (Å²) < 4.78 is 42.4. The second-order valence-electron chi connectivity index (χ2n) is 5.69. The number of aromatic nitrogens is 4. The van der Waals surface area contributed by atoms with Crippen LogP contribution < -0.4 is 5.32 Å². The van der Waals surface area contributed by atoms with Gasteiger partial charge in [-0.25, -0.2) is 14.6 Å². The normalized spacial score (nSPS) is 13.8. The number of hydrogen-bond acceptors (Lipinski definition) is 4. The first-order chi connectivity index (χ1) is 12.3. The van der Waals surface area contributed by atoms with Crippen LogP contribution in [0.25, 0.3) is 5.82 Å². The number of benzene rings is 1. The van der Waals surface area contributed by atoms with E-state index in [1.165, 1.54) is 59.9 Å². The molecule has 2 heterocycles. The summed E-state index contributed by atoms with van der Waals surface area (Å²) in [7, 11) is 0. The van der Waals surface area contributed by atoms with Crippen LogP contribution in [0.2, 0.25) is 0 Å². The molecule has 1 aromatic carbocycles. The Kier molecular flexibility index (Phi) is 4.45. The van der Waals surface area contributed by atoms with Gasteiger partial charge in [0.2, 0.25) is 0 Å². The third-order valence-electron chi connectivity index (χ3n) is 3.95. The van der Waals surface area contributed by atoms with E-state index in [2.05, 4.69) is 20.4 Å². The van der Waals surface area contributed by atoms with E-state index in [1.54, 1.807) is 6.07 Å². The van der Waals surface area contributed by atoms with Gasteiger partial charge in [0.25, 0.3) is 5.91 Å². The Bertz CT molecular complexity index is 879. The Morgan fingerprint density at radius 3 is 2.38 bits per heavy atom. The van der Waals surface area contributed by atoms with Gasteiger partial charge in [-0.05, 0) is 24.6 Å². The molecular formula is C17H14F3N5O. The van der Waals surface area contributed by atoms with Crippen LogP contribution in [0, 0.1) is 0 Å². The minimum absolute atomic E-state index is 0.000251. The Morgan fingerprint density at radius 1 is 1.12 bits per heavy atom. The molecule has 0 aliphatic heterocycles. The molecule has 0 aliphatic carbocycles. The van der Waals surface area contributed by atoms with Gasteiger partial charge in [0.15, 0.2) is 11.4 Å². The number of rotatable bonds is 4. The highest BCUT2D eigenvalue weighted by Gasteiger charge is 2.53. The van der Waals surface area contributed by atoms with E-state index in [1.807, 2.05) is 0 Å². The maximum absolute atomic E-state index is 13.7. The van der Waals surface area contributed by atoms with Crippen molar-refractivity contribution in [3.05, 3.63) is 72.4 Å². The summed E-state index contributed by atoms with van der Waals surface area (Å²) in [6, 6.07) is 10.1. The van der Waals surface area contributed by atoms with Crippen molar-refractivity contribution in [2.24, 2.45) is 0 Å². The summed E-state index contributed by atoms with van der Waals surface area (Å²) in [5.74, 6) is -0.494. The van der Waals surface area contributed by atoms with Gasteiger partial charge in [-0.3, -0.25) is 4.79 Å². The first-order valence-corrected chi connectivity index (χ1v) is 7.57. The van der Waals surface area contributed by atoms with E-state index < -0.39 is 17.6 Å². The number of pyridine rings is 1. The van der Waals surface area contributed by atoms with Gasteiger partial charge in [0, 0.05) is 6.20 Å². The van der Waals surface area contributed by atoms with Crippen LogP contribution in [0.4, 0.5) is 13.2 Å². The summed E-state index contributed by atoms with van der Waals surface area (Å²) in [6.07, 6.45) is -0.763. The molecule has 134 valence electrons. The smallest absolute Gasteiger partial charge is 0.334 e. The Hall–Kier alpha value is -3.23. The first-order valence-electron chi connectivity index (χ1n) is 7.57. The molecule has 0 unspecified atom stereocenters. The highest BCUT2D eigenvalue weighted by Crippen LogP contribution is 2.38. The summed E-state index contributed by atoms with van der Waals surface area (Å²) in [6.45, 7) is 0.928. The van der Waals surface area contributed by atoms with E-state index in [4.69, 9.17) is 0 Å². The third-order valence-corrected chi connectivity index (χ3v) is 3.95. The van der Waals surface area contributed by atoms with E-state index in [0.717, 1.165) is 6.92 Å². The molecular weight excluding hydrogens is 347 g/mol. The van der Waals surface area contributed by atoms with Crippen molar-refractivity contribution in [3.8, 4) is 5.82 Å². The number of carbonyl (C=O) groups excluding carboxylic acids is 1. The molecule has 0 bridgehead atoms. The molecule has 2 aromatic heterocycles. The number of hydrogen-bond donors (Lipinski definition) is 1. The van der Waals surface area contributed by atoms with Gasteiger partial charge in [-0.1, -0.05) is 30.3 Å². The second-order valence-corrected chi connectivity index (χ2v) is 5.69. The maximum atomic E-state index is 13.7. The molecule has 1 N–H and O–H groups in total. The molecule has 0 fully saturated rings. The van der Waals surface area contributed by atoms with Crippen molar-refractivity contribution >= 4 is 5.91 Å². The fourth-order valence-electron chi connectivity index (χ4n) is 2.36. The van der Waals surface area contributed by atoms with Gasteiger partial charge in [0.05, 0.1) is 5.56 Å². The molecule has 0 aliphatic rings. The maximum Gasteiger partial charge on any atom is 0.415 e. The fraction of sp³-hybridized carbons (Fsp3) is 0.176. The summed E-state index contributed by atoms with van der Waals surface area (Å²) in [4.78, 5) is 20.2. The van der Waals surface area contributed by atoms with Crippen LogP contribution in [0.5, 0.6) is 0 Å². The van der Waals surface area contributed by atoms with Gasteiger partial charge < -0.3 is 5.32 Å². The van der Waals surface area contributed by atoms with Gasteiger partial charge >= 0.3 is 6.18 Å². The summed E-state index contributed by atoms with van der Waals surface area (Å²) in [5, 5.41) is 5.97. The predicted molar refractivity (Wildman–Crippen MR) is 86.5 cm³/mol. The molecule has 6 nitrogen and oxygen atoms in total. The van der Waals surface area contributed by atoms with E-state index in [9.17, 15) is 18.0 Å². The lowest BCUT2D eigenvalue weighted by molar-refractivity contribution is -0.192. The lowest BCUT2D eigenvalue weighted by Crippen LogP contribution is -2.53. The van der Waals surface area contributed by atoms with Crippen molar-refractivity contribution in [1.82, 2.24) is 25.1 Å². The average molecular weight is 361 g/mol. The van der Waals surface area contributed by atoms with Gasteiger partial charge in [0.1, 0.15) is 12.7 Å². The zero-order valence-corrected chi connectivity index (χ0v) is 13.6. The predicted octanol–water partition coefficient (Wildman–Crippen LogP) is 2.87. The molecule has 3 aromatic rings. The molecule has 0 radical (unpaired) electrons. The first kappa shape index (κ1) is 17.6. The second kappa shape index (κ2) is 6.58. The summed E-state index contributed by atoms with van der Waals surface area (Å²) >= 11 is 0. The highest BCUT2D eigenvalue weighted by molar-refractivity contribution is 5.94. The average Bonchev–Trinajstić information content (AvgIpc) is 3.16. The number of nitrogens with one attached hydrogen (secondary N) is 1. The zero-order valence-electron chi connectivity index (χ0n) is 13.6. The van der Waals surface area contributed by atoms with Crippen LogP contribution in [0.1, 0.15) is 22.8 Å². The number of amides is 1. The molecule has 0 saturated carbocycles. The lowest BCUT2D eigenvalue weighted by atomic mass is 9.91. The minimum atomic E-state index is -4.68. The molecule has 1 amide bonds. The Labute approximate surface area is 146 Å². The van der Waals surface area contributed by atoms with Crippen molar-refractivity contribution in [3.63, 3.8) is 0 Å². The molecule has 0 saturated heterocycles. The molecule has 1 atom stereocenters. The third kappa shape index (κ3) is 3.28. The number of halogens is 3. The summed E-state index contributed by atoms with van der Waals surface area (Å²) in [5.41, 5.74) is -2.59. The quantitative estimate of drug-likeness (QED) is 0.776. The van der Waals surface area contributed by atoms with Crippen molar-refractivity contribution in [2.45, 2.75) is 18.6 Å². The Balaban J connectivity index is 1.87. The zero-order chi connectivity index (χ0) is 18.8. The van der Waals surface area contributed by atoms with Crippen LogP contribution in [-0.2, 0) is 5.54 Å². The highest BCUT2D eigenvalue weighted by atomic mass is 19.4. The van der Waals surface area contributed by atoms with Crippen molar-refractivity contribution < 1.29 is 18.0 Å². The monoisotopic (exact) mass is 361 g/mol. The molecule has 3 rings (SSSR count). The van der Waals surface area contributed by atoms with Crippen molar-refractivity contribution in [2.75, 3.05) is 0 Å². The standard InChI is InChI=1S/C17H14F3N5O/c1-16(17(18,19)20,13-5-3-2-4-6-13)24-15(26)12-7-8-14(22-9-12)25-11-21-10-23-25/h2-11H,1H3,(H,24,26)/t16-/m0/s1. The largest absolute Gasteiger partial charge is 0.415 e. The number of nitrogens with zero attached hydrogens (tertiary/aromatic N) is 4. The van der Waals surface area contributed by atoms with Gasteiger partial charge in [-0.2, -0.15) is 18.3 Å². The van der Waals surface area contributed by atoms with E-state index in [0.29, 0.717) is 5.82 Å². The van der Waals surface area contributed by atoms with Crippen LogP contribution in [-0.4, -0.2) is 31.8 Å². The number of carbonyl (C=O) groups is 1. The molecule has 0 spiro atoms. The molecule has 26 heavy (non-hydrogen) atoms. The SMILES string of the molecule is C[C@](NC(=O)c1ccc(-n2cncn2)nc1)(c1ccccc1)C(F)(F)F.